The minimum absolute atomic E-state index is 0.257. The molecule has 28 heavy (non-hydrogen) atoms. The molecule has 6 heteroatoms. The van der Waals surface area contributed by atoms with Crippen LogP contribution < -0.4 is 0 Å². The number of hydrogen-bond acceptors (Lipinski definition) is 6. The monoisotopic (exact) mass is 371 g/mol. The van der Waals surface area contributed by atoms with Gasteiger partial charge in [-0.15, -0.1) is 0 Å². The number of rotatable bonds is 4. The fourth-order valence-corrected chi connectivity index (χ4v) is 3.84. The van der Waals surface area contributed by atoms with Gasteiger partial charge < -0.3 is 4.52 Å². The van der Waals surface area contributed by atoms with Crippen molar-refractivity contribution in [3.63, 3.8) is 0 Å². The molecule has 1 aromatic carbocycles. The van der Waals surface area contributed by atoms with Crippen molar-refractivity contribution in [3.05, 3.63) is 72.5 Å². The van der Waals surface area contributed by atoms with Crippen molar-refractivity contribution in [2.45, 2.75) is 25.3 Å². The lowest BCUT2D eigenvalue weighted by atomic mass is 9.98. The van der Waals surface area contributed by atoms with E-state index in [1.807, 2.05) is 24.3 Å². The molecule has 0 aliphatic carbocycles. The zero-order chi connectivity index (χ0) is 18.8. The Morgan fingerprint density at radius 1 is 1.04 bits per heavy atom. The maximum atomic E-state index is 5.58. The van der Waals surface area contributed by atoms with Crippen molar-refractivity contribution in [2.24, 2.45) is 0 Å². The lowest BCUT2D eigenvalue weighted by Crippen LogP contribution is -2.34. The summed E-state index contributed by atoms with van der Waals surface area (Å²) in [5.74, 6) is 1.58. The Morgan fingerprint density at radius 2 is 2.00 bits per heavy atom. The third-order valence-electron chi connectivity index (χ3n) is 5.26. The van der Waals surface area contributed by atoms with Gasteiger partial charge in [-0.2, -0.15) is 4.98 Å². The highest BCUT2D eigenvalue weighted by Crippen LogP contribution is 2.28. The van der Waals surface area contributed by atoms with Crippen LogP contribution in [0.1, 0.15) is 30.3 Å². The van der Waals surface area contributed by atoms with E-state index in [0.717, 1.165) is 55.1 Å². The van der Waals surface area contributed by atoms with Crippen molar-refractivity contribution in [1.82, 2.24) is 25.0 Å². The molecule has 6 nitrogen and oxygen atoms in total. The van der Waals surface area contributed by atoms with E-state index in [-0.39, 0.29) is 5.92 Å². The average molecular weight is 371 g/mol. The van der Waals surface area contributed by atoms with Crippen LogP contribution in [0.3, 0.4) is 0 Å². The van der Waals surface area contributed by atoms with Crippen LogP contribution in [0.15, 0.2) is 65.4 Å². The standard InChI is InChI=1S/C22H21N5O/c1-2-8-20-16(5-1)9-10-19(24-20)15-27-12-4-7-18(14-27)22-25-21(26-28-22)17-6-3-11-23-13-17/h1-3,5-6,8-11,13,18H,4,7,12,14-15H2. The minimum atomic E-state index is 0.257. The molecule has 3 aromatic heterocycles. The molecule has 4 aromatic rings. The summed E-state index contributed by atoms with van der Waals surface area (Å²) < 4.78 is 5.58. The summed E-state index contributed by atoms with van der Waals surface area (Å²) in [5, 5.41) is 5.33. The maximum absolute atomic E-state index is 5.58. The Hall–Kier alpha value is -3.12. The first-order chi connectivity index (χ1) is 13.8. The highest BCUT2D eigenvalue weighted by atomic mass is 16.5. The van der Waals surface area contributed by atoms with Gasteiger partial charge in [0.2, 0.25) is 11.7 Å². The summed E-state index contributed by atoms with van der Waals surface area (Å²) in [6.07, 6.45) is 5.68. The smallest absolute Gasteiger partial charge is 0.231 e. The van der Waals surface area contributed by atoms with E-state index < -0.39 is 0 Å². The molecule has 0 bridgehead atoms. The minimum Gasteiger partial charge on any atom is -0.339 e. The second kappa shape index (κ2) is 7.48. The molecule has 0 saturated carbocycles. The number of benzene rings is 1. The van der Waals surface area contributed by atoms with Gasteiger partial charge in [0.1, 0.15) is 0 Å². The highest BCUT2D eigenvalue weighted by Gasteiger charge is 2.26. The number of fused-ring (bicyclic) bond motifs is 1. The van der Waals surface area contributed by atoms with Crippen molar-refractivity contribution in [3.8, 4) is 11.4 Å². The SMILES string of the molecule is c1cncc(-c2noc(C3CCCN(Cc4ccc5ccccc5n4)C3)n2)c1. The van der Waals surface area contributed by atoms with Crippen LogP contribution in [-0.2, 0) is 6.54 Å². The lowest BCUT2D eigenvalue weighted by Gasteiger charge is -2.30. The zero-order valence-electron chi connectivity index (χ0n) is 15.5. The molecule has 140 valence electrons. The van der Waals surface area contributed by atoms with Gasteiger partial charge in [0, 0.05) is 36.4 Å². The number of piperidine rings is 1. The van der Waals surface area contributed by atoms with E-state index in [4.69, 9.17) is 9.51 Å². The fraction of sp³-hybridized carbons (Fsp3) is 0.273. The molecular formula is C22H21N5O. The second-order valence-corrected chi connectivity index (χ2v) is 7.27. The number of aromatic nitrogens is 4. The van der Waals surface area contributed by atoms with Gasteiger partial charge in [-0.05, 0) is 43.7 Å². The van der Waals surface area contributed by atoms with E-state index in [0.29, 0.717) is 5.82 Å². The summed E-state index contributed by atoms with van der Waals surface area (Å²) in [7, 11) is 0. The number of pyridine rings is 2. The van der Waals surface area contributed by atoms with E-state index >= 15 is 0 Å². The van der Waals surface area contributed by atoms with Crippen LogP contribution in [0.5, 0.6) is 0 Å². The van der Waals surface area contributed by atoms with E-state index in [2.05, 4.69) is 44.3 Å². The van der Waals surface area contributed by atoms with Crippen LogP contribution in [-0.4, -0.2) is 38.1 Å². The fourth-order valence-electron chi connectivity index (χ4n) is 3.84. The molecule has 1 aliphatic heterocycles. The third kappa shape index (κ3) is 3.51. The Balaban J connectivity index is 1.30. The largest absolute Gasteiger partial charge is 0.339 e. The van der Waals surface area contributed by atoms with E-state index in [1.165, 1.54) is 5.39 Å². The van der Waals surface area contributed by atoms with E-state index in [1.54, 1.807) is 12.4 Å². The number of nitrogens with zero attached hydrogens (tertiary/aromatic N) is 5. The molecule has 1 atom stereocenters. The molecule has 1 unspecified atom stereocenters. The summed E-state index contributed by atoms with van der Waals surface area (Å²) in [5.41, 5.74) is 3.03. The predicted octanol–water partition coefficient (Wildman–Crippen LogP) is 4.06. The first-order valence-corrected chi connectivity index (χ1v) is 9.66. The highest BCUT2D eigenvalue weighted by molar-refractivity contribution is 5.78. The molecule has 0 spiro atoms. The zero-order valence-corrected chi connectivity index (χ0v) is 15.5. The van der Waals surface area contributed by atoms with E-state index in [9.17, 15) is 0 Å². The first kappa shape index (κ1) is 17.0. The van der Waals surface area contributed by atoms with Crippen LogP contribution in [0.2, 0.25) is 0 Å². The molecule has 4 heterocycles. The molecule has 0 radical (unpaired) electrons. The van der Waals surface area contributed by atoms with Crippen LogP contribution in [0, 0.1) is 0 Å². The van der Waals surface area contributed by atoms with Crippen molar-refractivity contribution >= 4 is 10.9 Å². The Labute approximate surface area is 163 Å². The number of likely N-dealkylation sites (tertiary alicyclic amines) is 1. The molecule has 1 fully saturated rings. The maximum Gasteiger partial charge on any atom is 0.231 e. The molecule has 1 saturated heterocycles. The van der Waals surface area contributed by atoms with Crippen LogP contribution >= 0.6 is 0 Å². The Kier molecular flexibility index (Phi) is 4.54. The molecular weight excluding hydrogens is 350 g/mol. The summed E-state index contributed by atoms with van der Waals surface area (Å²) in [6.45, 7) is 2.81. The van der Waals surface area contributed by atoms with Gasteiger partial charge in [-0.1, -0.05) is 29.4 Å². The average Bonchev–Trinajstić information content (AvgIpc) is 3.25. The Morgan fingerprint density at radius 3 is 2.93 bits per heavy atom. The van der Waals surface area contributed by atoms with Gasteiger partial charge in [0.05, 0.1) is 17.1 Å². The van der Waals surface area contributed by atoms with Gasteiger partial charge in [-0.3, -0.25) is 14.9 Å². The second-order valence-electron chi connectivity index (χ2n) is 7.27. The summed E-state index contributed by atoms with van der Waals surface area (Å²) in [4.78, 5) is 16.0. The topological polar surface area (TPSA) is 67.9 Å². The van der Waals surface area contributed by atoms with Gasteiger partial charge in [0.25, 0.3) is 0 Å². The summed E-state index contributed by atoms with van der Waals surface area (Å²) in [6, 6.07) is 16.3. The van der Waals surface area contributed by atoms with Gasteiger partial charge >= 0.3 is 0 Å². The number of para-hydroxylation sites is 1. The van der Waals surface area contributed by atoms with Crippen molar-refractivity contribution in [1.29, 1.82) is 0 Å². The number of hydrogen-bond donors (Lipinski definition) is 0. The summed E-state index contributed by atoms with van der Waals surface area (Å²) >= 11 is 0. The van der Waals surface area contributed by atoms with Gasteiger partial charge in [0.15, 0.2) is 0 Å². The van der Waals surface area contributed by atoms with Crippen molar-refractivity contribution in [2.75, 3.05) is 13.1 Å². The molecule has 0 N–H and O–H groups in total. The third-order valence-corrected chi connectivity index (χ3v) is 5.26. The van der Waals surface area contributed by atoms with Crippen LogP contribution in [0.4, 0.5) is 0 Å². The predicted molar refractivity (Wildman–Crippen MR) is 107 cm³/mol. The van der Waals surface area contributed by atoms with Gasteiger partial charge in [-0.25, -0.2) is 0 Å². The molecule has 5 rings (SSSR count). The quantitative estimate of drug-likeness (QED) is 0.539. The molecule has 1 aliphatic rings. The lowest BCUT2D eigenvalue weighted by molar-refractivity contribution is 0.178. The first-order valence-electron chi connectivity index (χ1n) is 9.66. The van der Waals surface area contributed by atoms with Crippen molar-refractivity contribution < 1.29 is 4.52 Å². The normalized spacial score (nSPS) is 17.8. The Bertz CT molecular complexity index is 1080. The molecule has 0 amide bonds. The van der Waals surface area contributed by atoms with Crippen LogP contribution in [0.25, 0.3) is 22.3 Å².